The topological polar surface area (TPSA) is 38.8 Å². The van der Waals surface area contributed by atoms with Gasteiger partial charge in [-0.1, -0.05) is 43.3 Å². The fourth-order valence-electron chi connectivity index (χ4n) is 4.70. The van der Waals surface area contributed by atoms with Gasteiger partial charge in [-0.05, 0) is 56.6 Å². The van der Waals surface area contributed by atoms with Crippen molar-refractivity contribution in [2.45, 2.75) is 51.6 Å². The van der Waals surface area contributed by atoms with Gasteiger partial charge in [-0.2, -0.15) is 0 Å². The summed E-state index contributed by atoms with van der Waals surface area (Å²) >= 11 is 0. The largest absolute Gasteiger partial charge is 0.481 e. The van der Waals surface area contributed by atoms with Gasteiger partial charge in [0.2, 0.25) is 0 Å². The molecule has 4 heteroatoms. The molecule has 2 aliphatic rings. The van der Waals surface area contributed by atoms with E-state index in [1.54, 1.807) is 0 Å². The summed E-state index contributed by atoms with van der Waals surface area (Å²) < 4.78 is 11.7. The Hall–Kier alpha value is -2.49. The average molecular weight is 394 g/mol. The second-order valence-electron chi connectivity index (χ2n) is 8.30. The third kappa shape index (κ3) is 4.42. The Morgan fingerprint density at radius 1 is 1.14 bits per heavy atom. The molecule has 2 atom stereocenters. The van der Waals surface area contributed by atoms with Gasteiger partial charge in [-0.3, -0.25) is 0 Å². The molecular formula is C25H31NO3. The SMILES string of the molecule is C=C1CCC(OC(=O)COc2ccc(N3CCCC3)c3ccccc23)C(CC)C1. The predicted octanol–water partition coefficient (Wildman–Crippen LogP) is 5.50. The summed E-state index contributed by atoms with van der Waals surface area (Å²) in [5, 5.41) is 2.22. The van der Waals surface area contributed by atoms with Gasteiger partial charge in [0.25, 0.3) is 0 Å². The standard InChI is InChI=1S/C25H31NO3/c1-3-19-16-18(2)10-12-23(19)29-25(27)17-28-24-13-11-22(26-14-6-7-15-26)20-8-4-5-9-21(20)24/h4-5,8-9,11,13,19,23H,2-3,6-7,10,12,14-17H2,1H3. The number of rotatable bonds is 6. The highest BCUT2D eigenvalue weighted by molar-refractivity contribution is 5.98. The number of allylic oxidation sites excluding steroid dienone is 1. The number of esters is 1. The second-order valence-corrected chi connectivity index (χ2v) is 8.30. The first-order valence-corrected chi connectivity index (χ1v) is 10.9. The number of hydrogen-bond acceptors (Lipinski definition) is 4. The zero-order chi connectivity index (χ0) is 20.2. The van der Waals surface area contributed by atoms with Crippen LogP contribution in [-0.4, -0.2) is 31.8 Å². The number of carbonyl (C=O) groups excluding carboxylic acids is 1. The second kappa shape index (κ2) is 8.89. The monoisotopic (exact) mass is 393 g/mol. The Morgan fingerprint density at radius 3 is 2.66 bits per heavy atom. The summed E-state index contributed by atoms with van der Waals surface area (Å²) in [6, 6.07) is 12.4. The fraction of sp³-hybridized carbons (Fsp3) is 0.480. The lowest BCUT2D eigenvalue weighted by Crippen LogP contribution is -2.32. The Morgan fingerprint density at radius 2 is 1.90 bits per heavy atom. The van der Waals surface area contributed by atoms with Crippen LogP contribution in [0.5, 0.6) is 5.75 Å². The van der Waals surface area contributed by atoms with Crippen molar-refractivity contribution in [1.82, 2.24) is 0 Å². The van der Waals surface area contributed by atoms with Crippen molar-refractivity contribution in [3.05, 3.63) is 48.6 Å². The van der Waals surface area contributed by atoms with Gasteiger partial charge in [-0.15, -0.1) is 0 Å². The van der Waals surface area contributed by atoms with Crippen LogP contribution in [0.3, 0.4) is 0 Å². The minimum atomic E-state index is -0.284. The highest BCUT2D eigenvalue weighted by Gasteiger charge is 2.28. The molecule has 0 bridgehead atoms. The third-order valence-electron chi connectivity index (χ3n) is 6.32. The van der Waals surface area contributed by atoms with E-state index >= 15 is 0 Å². The van der Waals surface area contributed by atoms with Crippen molar-refractivity contribution in [2.24, 2.45) is 5.92 Å². The van der Waals surface area contributed by atoms with E-state index in [2.05, 4.69) is 42.7 Å². The smallest absolute Gasteiger partial charge is 0.344 e. The van der Waals surface area contributed by atoms with E-state index in [1.807, 2.05) is 12.1 Å². The molecule has 1 aliphatic heterocycles. The van der Waals surface area contributed by atoms with Crippen LogP contribution >= 0.6 is 0 Å². The molecule has 0 aromatic heterocycles. The number of anilines is 1. The first-order chi connectivity index (χ1) is 14.2. The quantitative estimate of drug-likeness (QED) is 0.480. The third-order valence-corrected chi connectivity index (χ3v) is 6.32. The molecule has 154 valence electrons. The summed E-state index contributed by atoms with van der Waals surface area (Å²) in [6.07, 6.45) is 6.24. The molecule has 4 nitrogen and oxygen atoms in total. The van der Waals surface area contributed by atoms with E-state index < -0.39 is 0 Å². The van der Waals surface area contributed by atoms with Gasteiger partial charge < -0.3 is 14.4 Å². The molecule has 0 radical (unpaired) electrons. The van der Waals surface area contributed by atoms with E-state index in [1.165, 1.54) is 29.5 Å². The average Bonchev–Trinajstić information content (AvgIpc) is 3.28. The van der Waals surface area contributed by atoms with Crippen LogP contribution in [0.15, 0.2) is 48.6 Å². The molecule has 0 amide bonds. The first-order valence-electron chi connectivity index (χ1n) is 10.9. The Balaban J connectivity index is 1.44. The molecule has 1 saturated heterocycles. The van der Waals surface area contributed by atoms with Crippen LogP contribution in [0.4, 0.5) is 5.69 Å². The molecule has 29 heavy (non-hydrogen) atoms. The van der Waals surface area contributed by atoms with Gasteiger partial charge in [0.05, 0.1) is 0 Å². The Kier molecular flexibility index (Phi) is 6.08. The zero-order valence-corrected chi connectivity index (χ0v) is 17.4. The van der Waals surface area contributed by atoms with Crippen molar-refractivity contribution in [3.63, 3.8) is 0 Å². The molecule has 1 saturated carbocycles. The minimum absolute atomic E-state index is 0.0177. The van der Waals surface area contributed by atoms with Gasteiger partial charge in [0, 0.05) is 29.5 Å². The first kappa shape index (κ1) is 19.8. The predicted molar refractivity (Wildman–Crippen MR) is 118 cm³/mol. The van der Waals surface area contributed by atoms with Crippen molar-refractivity contribution in [2.75, 3.05) is 24.6 Å². The van der Waals surface area contributed by atoms with Gasteiger partial charge in [0.1, 0.15) is 11.9 Å². The maximum Gasteiger partial charge on any atom is 0.344 e. The minimum Gasteiger partial charge on any atom is -0.481 e. The van der Waals surface area contributed by atoms with Crippen molar-refractivity contribution in [3.8, 4) is 5.75 Å². The van der Waals surface area contributed by atoms with Crippen LogP contribution in [0.2, 0.25) is 0 Å². The maximum atomic E-state index is 12.5. The van der Waals surface area contributed by atoms with Gasteiger partial charge in [0.15, 0.2) is 6.61 Å². The molecule has 2 aromatic rings. The van der Waals surface area contributed by atoms with E-state index in [-0.39, 0.29) is 18.7 Å². The molecule has 1 heterocycles. The number of nitrogens with zero attached hydrogens (tertiary/aromatic N) is 1. The fourth-order valence-corrected chi connectivity index (χ4v) is 4.70. The number of ether oxygens (including phenoxy) is 2. The lowest BCUT2D eigenvalue weighted by atomic mass is 9.82. The molecular weight excluding hydrogens is 362 g/mol. The molecule has 2 unspecified atom stereocenters. The maximum absolute atomic E-state index is 12.5. The van der Waals surface area contributed by atoms with Gasteiger partial charge in [-0.25, -0.2) is 4.79 Å². The highest BCUT2D eigenvalue weighted by atomic mass is 16.6. The van der Waals surface area contributed by atoms with Crippen LogP contribution in [0, 0.1) is 5.92 Å². The summed E-state index contributed by atoms with van der Waals surface area (Å²) in [7, 11) is 0. The van der Waals surface area contributed by atoms with Crippen LogP contribution in [0.25, 0.3) is 10.8 Å². The van der Waals surface area contributed by atoms with Crippen molar-refractivity contribution in [1.29, 1.82) is 0 Å². The summed E-state index contributed by atoms with van der Waals surface area (Å²) in [5.74, 6) is 0.832. The van der Waals surface area contributed by atoms with E-state index in [9.17, 15) is 4.79 Å². The lowest BCUT2D eigenvalue weighted by molar-refractivity contribution is -0.155. The molecule has 0 spiro atoms. The molecule has 2 fully saturated rings. The number of fused-ring (bicyclic) bond motifs is 1. The van der Waals surface area contributed by atoms with E-state index in [4.69, 9.17) is 9.47 Å². The molecule has 2 aromatic carbocycles. The highest BCUT2D eigenvalue weighted by Crippen LogP contribution is 2.35. The molecule has 1 aliphatic carbocycles. The summed E-state index contributed by atoms with van der Waals surface area (Å²) in [4.78, 5) is 14.9. The number of benzene rings is 2. The number of carbonyl (C=O) groups is 1. The normalized spacial score (nSPS) is 22.1. The van der Waals surface area contributed by atoms with Crippen LogP contribution < -0.4 is 9.64 Å². The van der Waals surface area contributed by atoms with Gasteiger partial charge >= 0.3 is 5.97 Å². The summed E-state index contributed by atoms with van der Waals surface area (Å²) in [5.41, 5.74) is 2.52. The van der Waals surface area contributed by atoms with Crippen molar-refractivity contribution >= 4 is 22.4 Å². The van der Waals surface area contributed by atoms with Crippen LogP contribution in [-0.2, 0) is 9.53 Å². The molecule has 0 N–H and O–H groups in total. The van der Waals surface area contributed by atoms with E-state index in [0.717, 1.165) is 49.9 Å². The van der Waals surface area contributed by atoms with E-state index in [0.29, 0.717) is 5.92 Å². The summed E-state index contributed by atoms with van der Waals surface area (Å²) in [6.45, 7) is 8.39. The lowest BCUT2D eigenvalue weighted by Gasteiger charge is -2.31. The zero-order valence-electron chi connectivity index (χ0n) is 17.4. The Labute approximate surface area is 173 Å². The molecule has 4 rings (SSSR count). The number of hydrogen-bond donors (Lipinski definition) is 0. The van der Waals surface area contributed by atoms with Crippen molar-refractivity contribution < 1.29 is 14.3 Å². The van der Waals surface area contributed by atoms with Crippen LogP contribution in [0.1, 0.15) is 45.4 Å². The Bertz CT molecular complexity index is 885.